The lowest BCUT2D eigenvalue weighted by atomic mass is 10.2. The van der Waals surface area contributed by atoms with Crippen molar-refractivity contribution < 1.29 is 9.53 Å². The minimum absolute atomic E-state index is 0.0960. The quantitative estimate of drug-likeness (QED) is 0.869. The molecule has 98 valence electrons. The fraction of sp³-hybridized carbons (Fsp3) is 0.462. The smallest absolute Gasteiger partial charge is 0.251 e. The molecule has 1 heterocycles. The molecule has 4 nitrogen and oxygen atoms in total. The summed E-state index contributed by atoms with van der Waals surface area (Å²) in [4.78, 5) is 11.8. The summed E-state index contributed by atoms with van der Waals surface area (Å²) in [5.74, 6) is -0.0960. The van der Waals surface area contributed by atoms with E-state index in [1.165, 1.54) is 0 Å². The monoisotopic (exact) mass is 268 g/mol. The number of carbonyl (C=O) groups is 1. The Morgan fingerprint density at radius 2 is 2.44 bits per heavy atom. The second kappa shape index (κ2) is 6.73. The third-order valence-electron chi connectivity index (χ3n) is 2.84. The lowest BCUT2D eigenvalue weighted by molar-refractivity contribution is 0.0239. The predicted octanol–water partition coefficient (Wildman–Crippen LogP) is 1.45. The molecule has 1 unspecified atom stereocenters. The summed E-state index contributed by atoms with van der Waals surface area (Å²) >= 11 is 5.84. The molecular formula is C13H17ClN2O2. The molecule has 5 heteroatoms. The average molecular weight is 269 g/mol. The Morgan fingerprint density at radius 3 is 3.17 bits per heavy atom. The van der Waals surface area contributed by atoms with E-state index in [1.807, 2.05) is 0 Å². The highest BCUT2D eigenvalue weighted by Gasteiger charge is 2.13. The maximum Gasteiger partial charge on any atom is 0.251 e. The van der Waals surface area contributed by atoms with Crippen LogP contribution >= 0.6 is 11.6 Å². The molecule has 1 saturated heterocycles. The molecule has 1 fully saturated rings. The van der Waals surface area contributed by atoms with Gasteiger partial charge in [0.1, 0.15) is 0 Å². The first-order chi connectivity index (χ1) is 8.75. The number of halogens is 1. The zero-order chi connectivity index (χ0) is 12.8. The first-order valence-corrected chi connectivity index (χ1v) is 6.49. The van der Waals surface area contributed by atoms with Crippen LogP contribution in [0.25, 0.3) is 0 Å². The van der Waals surface area contributed by atoms with Crippen molar-refractivity contribution >= 4 is 17.5 Å². The minimum Gasteiger partial charge on any atom is -0.376 e. The number of morpholine rings is 1. The molecule has 1 aliphatic rings. The molecule has 0 spiro atoms. The van der Waals surface area contributed by atoms with Gasteiger partial charge in [0.2, 0.25) is 0 Å². The lowest BCUT2D eigenvalue weighted by Gasteiger charge is -2.23. The van der Waals surface area contributed by atoms with Crippen molar-refractivity contribution in [2.75, 3.05) is 26.2 Å². The number of amides is 1. The van der Waals surface area contributed by atoms with Gasteiger partial charge in [-0.05, 0) is 24.6 Å². The van der Waals surface area contributed by atoms with Crippen LogP contribution in [0.4, 0.5) is 0 Å². The van der Waals surface area contributed by atoms with Gasteiger partial charge in [-0.15, -0.1) is 0 Å². The van der Waals surface area contributed by atoms with Crippen molar-refractivity contribution in [3.8, 4) is 0 Å². The zero-order valence-corrected chi connectivity index (χ0v) is 10.9. The van der Waals surface area contributed by atoms with Gasteiger partial charge in [-0.25, -0.2) is 0 Å². The van der Waals surface area contributed by atoms with Gasteiger partial charge >= 0.3 is 0 Å². The Hall–Kier alpha value is -1.10. The maximum atomic E-state index is 11.8. The van der Waals surface area contributed by atoms with Crippen molar-refractivity contribution in [3.63, 3.8) is 0 Å². The summed E-state index contributed by atoms with van der Waals surface area (Å²) in [5, 5.41) is 6.70. The highest BCUT2D eigenvalue weighted by Crippen LogP contribution is 2.10. The van der Waals surface area contributed by atoms with Crippen molar-refractivity contribution in [2.24, 2.45) is 0 Å². The molecule has 0 aromatic heterocycles. The molecule has 1 aromatic carbocycles. The Labute approximate surface area is 112 Å². The fourth-order valence-corrected chi connectivity index (χ4v) is 2.07. The molecule has 1 atom stereocenters. The summed E-state index contributed by atoms with van der Waals surface area (Å²) < 4.78 is 5.55. The first kappa shape index (κ1) is 13.3. The number of ether oxygens (including phenoxy) is 1. The Morgan fingerprint density at radius 1 is 1.56 bits per heavy atom. The van der Waals surface area contributed by atoms with Crippen LogP contribution in [0.5, 0.6) is 0 Å². The van der Waals surface area contributed by atoms with E-state index < -0.39 is 0 Å². The molecule has 0 bridgehead atoms. The number of rotatable bonds is 4. The van der Waals surface area contributed by atoms with Crippen LogP contribution in [0.2, 0.25) is 5.02 Å². The van der Waals surface area contributed by atoms with E-state index in [4.69, 9.17) is 16.3 Å². The fourth-order valence-electron chi connectivity index (χ4n) is 1.88. The van der Waals surface area contributed by atoms with E-state index in [0.29, 0.717) is 17.1 Å². The molecule has 0 saturated carbocycles. The van der Waals surface area contributed by atoms with Crippen LogP contribution in [0.3, 0.4) is 0 Å². The summed E-state index contributed by atoms with van der Waals surface area (Å²) in [7, 11) is 0. The van der Waals surface area contributed by atoms with Gasteiger partial charge in [0.15, 0.2) is 0 Å². The third-order valence-corrected chi connectivity index (χ3v) is 3.08. The highest BCUT2D eigenvalue weighted by atomic mass is 35.5. The van der Waals surface area contributed by atoms with E-state index in [0.717, 1.165) is 26.1 Å². The number of carbonyl (C=O) groups excluding carboxylic acids is 1. The van der Waals surface area contributed by atoms with E-state index in [9.17, 15) is 4.79 Å². The van der Waals surface area contributed by atoms with Crippen LogP contribution in [-0.4, -0.2) is 38.3 Å². The Bertz CT molecular complexity index is 406. The topological polar surface area (TPSA) is 50.4 Å². The number of nitrogens with one attached hydrogen (secondary N) is 2. The van der Waals surface area contributed by atoms with Crippen molar-refractivity contribution in [1.29, 1.82) is 0 Å². The highest BCUT2D eigenvalue weighted by molar-refractivity contribution is 6.30. The minimum atomic E-state index is -0.0960. The standard InChI is InChI=1S/C13H17ClN2O2/c14-11-3-1-2-10(8-11)13(17)16-5-4-12-9-15-6-7-18-12/h1-3,8,12,15H,4-7,9H2,(H,16,17). The summed E-state index contributed by atoms with van der Waals surface area (Å²) in [6.45, 7) is 3.11. The second-order valence-corrected chi connectivity index (χ2v) is 4.69. The SMILES string of the molecule is O=C(NCCC1CNCCO1)c1cccc(Cl)c1. The summed E-state index contributed by atoms with van der Waals surface area (Å²) in [5.41, 5.74) is 0.588. The van der Waals surface area contributed by atoms with E-state index >= 15 is 0 Å². The molecule has 1 amide bonds. The van der Waals surface area contributed by atoms with Crippen LogP contribution in [0.15, 0.2) is 24.3 Å². The molecular weight excluding hydrogens is 252 g/mol. The molecule has 2 rings (SSSR count). The van der Waals surface area contributed by atoms with Crippen LogP contribution in [0, 0.1) is 0 Å². The number of benzene rings is 1. The Balaban J connectivity index is 1.74. The van der Waals surface area contributed by atoms with Crippen LogP contribution < -0.4 is 10.6 Å². The van der Waals surface area contributed by atoms with Crippen molar-refractivity contribution in [3.05, 3.63) is 34.9 Å². The van der Waals surface area contributed by atoms with Gasteiger partial charge < -0.3 is 15.4 Å². The van der Waals surface area contributed by atoms with Crippen LogP contribution in [-0.2, 0) is 4.74 Å². The molecule has 1 aliphatic heterocycles. The van der Waals surface area contributed by atoms with Gasteiger partial charge in [-0.1, -0.05) is 17.7 Å². The predicted molar refractivity (Wildman–Crippen MR) is 71.0 cm³/mol. The largest absolute Gasteiger partial charge is 0.376 e. The molecule has 0 radical (unpaired) electrons. The van der Waals surface area contributed by atoms with Crippen molar-refractivity contribution in [2.45, 2.75) is 12.5 Å². The van der Waals surface area contributed by atoms with Gasteiger partial charge in [-0.2, -0.15) is 0 Å². The van der Waals surface area contributed by atoms with Gasteiger partial charge in [0.25, 0.3) is 5.91 Å². The third kappa shape index (κ3) is 3.98. The molecule has 0 aliphatic carbocycles. The average Bonchev–Trinajstić information content (AvgIpc) is 2.40. The normalized spacial score (nSPS) is 19.5. The Kier molecular flexibility index (Phi) is 4.99. The van der Waals surface area contributed by atoms with Gasteiger partial charge in [0.05, 0.1) is 12.7 Å². The van der Waals surface area contributed by atoms with Crippen molar-refractivity contribution in [1.82, 2.24) is 10.6 Å². The van der Waals surface area contributed by atoms with E-state index in [2.05, 4.69) is 10.6 Å². The van der Waals surface area contributed by atoms with E-state index in [-0.39, 0.29) is 12.0 Å². The first-order valence-electron chi connectivity index (χ1n) is 6.12. The zero-order valence-electron chi connectivity index (χ0n) is 10.1. The van der Waals surface area contributed by atoms with Crippen LogP contribution in [0.1, 0.15) is 16.8 Å². The van der Waals surface area contributed by atoms with E-state index in [1.54, 1.807) is 24.3 Å². The second-order valence-electron chi connectivity index (χ2n) is 4.25. The van der Waals surface area contributed by atoms with Gasteiger partial charge in [0, 0.05) is 30.2 Å². The summed E-state index contributed by atoms with van der Waals surface area (Å²) in [6, 6.07) is 6.93. The number of hydrogen-bond donors (Lipinski definition) is 2. The molecule has 1 aromatic rings. The molecule has 2 N–H and O–H groups in total. The summed E-state index contributed by atoms with van der Waals surface area (Å²) in [6.07, 6.45) is 1.01. The number of hydrogen-bond acceptors (Lipinski definition) is 3. The molecule has 18 heavy (non-hydrogen) atoms. The maximum absolute atomic E-state index is 11.8. The van der Waals surface area contributed by atoms with Gasteiger partial charge in [-0.3, -0.25) is 4.79 Å². The lowest BCUT2D eigenvalue weighted by Crippen LogP contribution is -2.40.